The van der Waals surface area contributed by atoms with Crippen LogP contribution in [0.15, 0.2) is 34.9 Å². The van der Waals surface area contributed by atoms with Crippen molar-refractivity contribution < 1.29 is 0 Å². The van der Waals surface area contributed by atoms with Crippen molar-refractivity contribution in [2.75, 3.05) is 6.54 Å². The third-order valence-electron chi connectivity index (χ3n) is 2.85. The average molecular weight is 322 g/mol. The van der Waals surface area contributed by atoms with Crippen LogP contribution in [-0.4, -0.2) is 16.3 Å². The number of aryl methyl sites for hydroxylation is 1. The molecule has 2 aromatic rings. The average Bonchev–Trinajstić information content (AvgIpc) is 2.80. The van der Waals surface area contributed by atoms with E-state index in [9.17, 15) is 0 Å². The van der Waals surface area contributed by atoms with Crippen LogP contribution >= 0.6 is 15.9 Å². The second kappa shape index (κ2) is 6.35. The summed E-state index contributed by atoms with van der Waals surface area (Å²) < 4.78 is 2.98. The summed E-state index contributed by atoms with van der Waals surface area (Å²) in [6.45, 7) is 8.32. The maximum atomic E-state index is 4.60. The van der Waals surface area contributed by atoms with Gasteiger partial charge in [0.25, 0.3) is 0 Å². The van der Waals surface area contributed by atoms with Gasteiger partial charge in [-0.3, -0.25) is 0 Å². The molecule has 0 saturated heterocycles. The Morgan fingerprint density at radius 3 is 2.84 bits per heavy atom. The Balaban J connectivity index is 2.10. The fraction of sp³-hybridized carbons (Fsp3) is 0.400. The van der Waals surface area contributed by atoms with Gasteiger partial charge in [0.1, 0.15) is 0 Å². The predicted molar refractivity (Wildman–Crippen MR) is 82.5 cm³/mol. The van der Waals surface area contributed by atoms with Crippen LogP contribution in [0.25, 0.3) is 5.69 Å². The predicted octanol–water partition coefficient (Wildman–Crippen LogP) is 3.69. The second-order valence-corrected chi connectivity index (χ2v) is 6.09. The number of benzene rings is 1. The van der Waals surface area contributed by atoms with Gasteiger partial charge in [0.2, 0.25) is 0 Å². The van der Waals surface area contributed by atoms with Gasteiger partial charge in [-0.05, 0) is 59.1 Å². The molecule has 0 atom stereocenters. The zero-order valence-electron chi connectivity index (χ0n) is 11.7. The molecule has 0 aliphatic rings. The highest BCUT2D eigenvalue weighted by molar-refractivity contribution is 9.10. The lowest BCUT2D eigenvalue weighted by molar-refractivity contribution is 0.546. The smallest absolute Gasteiger partial charge is 0.0790 e. The first-order chi connectivity index (χ1) is 9.06. The van der Waals surface area contributed by atoms with E-state index in [0.717, 1.165) is 28.9 Å². The highest BCUT2D eigenvalue weighted by Gasteiger charge is 2.05. The SMILES string of the molecule is Cc1ccc(Br)c(-n2ccc(CNCC(C)C)n2)c1. The van der Waals surface area contributed by atoms with E-state index in [1.807, 2.05) is 10.9 Å². The maximum absolute atomic E-state index is 4.60. The Morgan fingerprint density at radius 2 is 2.11 bits per heavy atom. The molecule has 4 heteroatoms. The number of nitrogens with one attached hydrogen (secondary N) is 1. The van der Waals surface area contributed by atoms with E-state index < -0.39 is 0 Å². The second-order valence-electron chi connectivity index (χ2n) is 5.23. The standard InChI is InChI=1S/C15H20BrN3/c1-11(2)9-17-10-13-6-7-19(18-13)15-8-12(3)4-5-14(15)16/h4-8,11,17H,9-10H2,1-3H3. The van der Waals surface area contributed by atoms with Gasteiger partial charge < -0.3 is 5.32 Å². The molecule has 0 aliphatic carbocycles. The highest BCUT2D eigenvalue weighted by atomic mass is 79.9. The number of nitrogens with zero attached hydrogens (tertiary/aromatic N) is 2. The lowest BCUT2D eigenvalue weighted by Gasteiger charge is -2.07. The number of rotatable bonds is 5. The summed E-state index contributed by atoms with van der Waals surface area (Å²) in [4.78, 5) is 0. The van der Waals surface area contributed by atoms with Crippen molar-refractivity contribution in [1.29, 1.82) is 0 Å². The van der Waals surface area contributed by atoms with E-state index in [1.54, 1.807) is 0 Å². The first-order valence-corrected chi connectivity index (χ1v) is 7.37. The summed E-state index contributed by atoms with van der Waals surface area (Å²) >= 11 is 3.57. The Hall–Kier alpha value is -1.13. The van der Waals surface area contributed by atoms with Crippen molar-refractivity contribution >= 4 is 15.9 Å². The topological polar surface area (TPSA) is 29.9 Å². The van der Waals surface area contributed by atoms with Crippen LogP contribution in [0.5, 0.6) is 0 Å². The van der Waals surface area contributed by atoms with Gasteiger partial charge in [-0.25, -0.2) is 4.68 Å². The monoisotopic (exact) mass is 321 g/mol. The Morgan fingerprint density at radius 1 is 1.32 bits per heavy atom. The lowest BCUT2D eigenvalue weighted by atomic mass is 10.2. The molecule has 0 fully saturated rings. The fourth-order valence-corrected chi connectivity index (χ4v) is 2.31. The Bertz CT molecular complexity index is 546. The highest BCUT2D eigenvalue weighted by Crippen LogP contribution is 2.21. The minimum absolute atomic E-state index is 0.660. The molecule has 0 spiro atoms. The minimum Gasteiger partial charge on any atom is -0.311 e. The molecule has 1 aromatic heterocycles. The van der Waals surface area contributed by atoms with Crippen molar-refractivity contribution in [3.8, 4) is 5.69 Å². The molecule has 0 bridgehead atoms. The zero-order valence-corrected chi connectivity index (χ0v) is 13.2. The molecule has 0 amide bonds. The number of hydrogen-bond acceptors (Lipinski definition) is 2. The largest absolute Gasteiger partial charge is 0.311 e. The summed E-state index contributed by atoms with van der Waals surface area (Å²) in [5.41, 5.74) is 3.37. The van der Waals surface area contributed by atoms with E-state index >= 15 is 0 Å². The fourth-order valence-electron chi connectivity index (χ4n) is 1.88. The van der Waals surface area contributed by atoms with Gasteiger partial charge in [-0.15, -0.1) is 0 Å². The molecular weight excluding hydrogens is 302 g/mol. The first-order valence-electron chi connectivity index (χ1n) is 6.58. The van der Waals surface area contributed by atoms with Crippen LogP contribution in [0.2, 0.25) is 0 Å². The van der Waals surface area contributed by atoms with Crippen molar-refractivity contribution in [3.05, 3.63) is 46.2 Å². The Kier molecular flexibility index (Phi) is 4.77. The molecule has 0 unspecified atom stereocenters. The first kappa shape index (κ1) is 14.3. The van der Waals surface area contributed by atoms with Crippen LogP contribution < -0.4 is 5.32 Å². The van der Waals surface area contributed by atoms with Crippen molar-refractivity contribution in [2.45, 2.75) is 27.3 Å². The molecule has 0 aliphatic heterocycles. The molecule has 3 nitrogen and oxygen atoms in total. The van der Waals surface area contributed by atoms with E-state index in [4.69, 9.17) is 0 Å². The van der Waals surface area contributed by atoms with Crippen LogP contribution in [-0.2, 0) is 6.54 Å². The van der Waals surface area contributed by atoms with Crippen LogP contribution in [0.4, 0.5) is 0 Å². The zero-order chi connectivity index (χ0) is 13.8. The quantitative estimate of drug-likeness (QED) is 0.910. The van der Waals surface area contributed by atoms with Crippen molar-refractivity contribution in [1.82, 2.24) is 15.1 Å². The Labute approximate surface area is 123 Å². The minimum atomic E-state index is 0.660. The maximum Gasteiger partial charge on any atom is 0.0790 e. The van der Waals surface area contributed by atoms with Gasteiger partial charge in [-0.2, -0.15) is 5.10 Å². The summed E-state index contributed by atoms with van der Waals surface area (Å²) in [6.07, 6.45) is 2.01. The van der Waals surface area contributed by atoms with Crippen LogP contribution in [0.3, 0.4) is 0 Å². The van der Waals surface area contributed by atoms with Gasteiger partial charge in [0.15, 0.2) is 0 Å². The molecule has 1 aromatic carbocycles. The molecule has 1 N–H and O–H groups in total. The molecular formula is C15H20BrN3. The van der Waals surface area contributed by atoms with Gasteiger partial charge in [0, 0.05) is 17.2 Å². The summed E-state index contributed by atoms with van der Waals surface area (Å²) in [6, 6.07) is 8.33. The third kappa shape index (κ3) is 3.91. The van der Waals surface area contributed by atoms with Crippen molar-refractivity contribution in [2.24, 2.45) is 5.92 Å². The van der Waals surface area contributed by atoms with Gasteiger partial charge in [0.05, 0.1) is 11.4 Å². The molecule has 0 radical (unpaired) electrons. The molecule has 2 rings (SSSR count). The van der Waals surface area contributed by atoms with E-state index in [0.29, 0.717) is 5.92 Å². The van der Waals surface area contributed by atoms with E-state index in [1.165, 1.54) is 5.56 Å². The summed E-state index contributed by atoms with van der Waals surface area (Å²) in [5, 5.41) is 8.01. The molecule has 102 valence electrons. The molecule has 1 heterocycles. The number of hydrogen-bond donors (Lipinski definition) is 1. The molecule has 19 heavy (non-hydrogen) atoms. The van der Waals surface area contributed by atoms with E-state index in [-0.39, 0.29) is 0 Å². The normalized spacial score (nSPS) is 11.2. The van der Waals surface area contributed by atoms with Crippen molar-refractivity contribution in [3.63, 3.8) is 0 Å². The van der Waals surface area contributed by atoms with Gasteiger partial charge in [-0.1, -0.05) is 19.9 Å². The van der Waals surface area contributed by atoms with Gasteiger partial charge >= 0.3 is 0 Å². The summed E-state index contributed by atoms with van der Waals surface area (Å²) in [7, 11) is 0. The number of aromatic nitrogens is 2. The third-order valence-corrected chi connectivity index (χ3v) is 3.52. The van der Waals surface area contributed by atoms with E-state index in [2.05, 4.69) is 71.4 Å². The molecule has 0 saturated carbocycles. The lowest BCUT2D eigenvalue weighted by Crippen LogP contribution is -2.19. The van der Waals surface area contributed by atoms with Crippen LogP contribution in [0, 0.1) is 12.8 Å². The summed E-state index contributed by atoms with van der Waals surface area (Å²) in [5.74, 6) is 0.660. The van der Waals surface area contributed by atoms with Crippen LogP contribution in [0.1, 0.15) is 25.1 Å². The number of halogens is 1.